The van der Waals surface area contributed by atoms with Gasteiger partial charge in [-0.05, 0) is 31.7 Å². The van der Waals surface area contributed by atoms with Crippen molar-refractivity contribution >= 4 is 11.9 Å². The molecule has 1 aliphatic heterocycles. The Kier molecular flexibility index (Phi) is 5.30. The number of morpholine rings is 1. The van der Waals surface area contributed by atoms with Gasteiger partial charge in [0.25, 0.3) is 5.91 Å². The molecule has 1 aromatic rings. The monoisotopic (exact) mass is 334 g/mol. The summed E-state index contributed by atoms with van der Waals surface area (Å²) in [6.07, 6.45) is 7.22. The van der Waals surface area contributed by atoms with Crippen molar-refractivity contribution in [2.75, 3.05) is 19.8 Å². The van der Waals surface area contributed by atoms with E-state index in [9.17, 15) is 14.7 Å². The molecule has 1 saturated heterocycles. The maximum absolute atomic E-state index is 12.7. The summed E-state index contributed by atoms with van der Waals surface area (Å²) < 4.78 is 11.1. The summed E-state index contributed by atoms with van der Waals surface area (Å²) in [6.45, 7) is 0.612. The van der Waals surface area contributed by atoms with Gasteiger partial charge in [0.1, 0.15) is 6.10 Å². The third-order valence-corrected chi connectivity index (χ3v) is 4.50. The zero-order valence-corrected chi connectivity index (χ0v) is 13.5. The molecule has 2 aliphatic rings. The van der Waals surface area contributed by atoms with Gasteiger partial charge in [0.15, 0.2) is 6.04 Å². The van der Waals surface area contributed by atoms with E-state index in [2.05, 4.69) is 4.98 Å². The van der Waals surface area contributed by atoms with E-state index in [4.69, 9.17) is 9.47 Å². The van der Waals surface area contributed by atoms with Gasteiger partial charge in [-0.25, -0.2) is 9.78 Å². The Hall–Kier alpha value is -2.15. The van der Waals surface area contributed by atoms with Crippen LogP contribution in [0.4, 0.5) is 0 Å². The molecule has 7 nitrogen and oxygen atoms in total. The smallest absolute Gasteiger partial charge is 0.328 e. The van der Waals surface area contributed by atoms with E-state index < -0.39 is 12.0 Å². The third-order valence-electron chi connectivity index (χ3n) is 4.50. The van der Waals surface area contributed by atoms with Gasteiger partial charge in [-0.2, -0.15) is 0 Å². The van der Waals surface area contributed by atoms with E-state index in [-0.39, 0.29) is 25.2 Å². The number of aromatic nitrogens is 1. The lowest BCUT2D eigenvalue weighted by molar-refractivity contribution is -0.147. The zero-order valence-electron chi connectivity index (χ0n) is 13.5. The Bertz CT molecular complexity index is 600. The van der Waals surface area contributed by atoms with Crippen molar-refractivity contribution in [1.29, 1.82) is 0 Å². The minimum absolute atomic E-state index is 0.0115. The van der Waals surface area contributed by atoms with Crippen LogP contribution in [0.3, 0.4) is 0 Å². The first-order chi connectivity index (χ1) is 11.6. The number of amides is 1. The van der Waals surface area contributed by atoms with Crippen LogP contribution in [0.15, 0.2) is 18.3 Å². The van der Waals surface area contributed by atoms with E-state index in [0.717, 1.165) is 25.7 Å². The van der Waals surface area contributed by atoms with Crippen LogP contribution in [-0.4, -0.2) is 58.8 Å². The number of hydrogen-bond donors (Lipinski definition) is 1. The van der Waals surface area contributed by atoms with Crippen molar-refractivity contribution in [1.82, 2.24) is 9.88 Å². The third kappa shape index (κ3) is 3.84. The van der Waals surface area contributed by atoms with Gasteiger partial charge in [0, 0.05) is 24.4 Å². The number of pyridine rings is 1. The Morgan fingerprint density at radius 3 is 2.83 bits per heavy atom. The number of carbonyl (C=O) groups excluding carboxylic acids is 1. The number of carboxylic acids is 1. The number of carbonyl (C=O) groups is 2. The van der Waals surface area contributed by atoms with Crippen molar-refractivity contribution in [2.24, 2.45) is 0 Å². The second-order valence-corrected chi connectivity index (χ2v) is 6.19. The number of hydrogen-bond acceptors (Lipinski definition) is 5. The Labute approximate surface area is 140 Å². The first kappa shape index (κ1) is 16.7. The standard InChI is InChI=1S/C17H22N2O5/c20-16(19-8-9-23-11-14(19)17(21)22)12-6-7-18-15(10-12)24-13-4-2-1-3-5-13/h6-7,10,13-14H,1-5,8-9,11H2,(H,21,22). The molecule has 1 N–H and O–H groups in total. The average molecular weight is 334 g/mol. The second kappa shape index (κ2) is 7.61. The molecule has 1 aromatic heterocycles. The van der Waals surface area contributed by atoms with Crippen molar-refractivity contribution in [3.63, 3.8) is 0 Å². The summed E-state index contributed by atoms with van der Waals surface area (Å²) >= 11 is 0. The molecule has 7 heteroatoms. The molecular formula is C17H22N2O5. The zero-order chi connectivity index (χ0) is 16.9. The predicted octanol–water partition coefficient (Wildman–Crippen LogP) is 1.72. The largest absolute Gasteiger partial charge is 0.480 e. The number of aliphatic carboxylic acids is 1. The van der Waals surface area contributed by atoms with Crippen LogP contribution in [0.25, 0.3) is 0 Å². The number of rotatable bonds is 4. The van der Waals surface area contributed by atoms with Crippen LogP contribution in [0, 0.1) is 0 Å². The summed E-state index contributed by atoms with van der Waals surface area (Å²) in [5, 5.41) is 9.26. The lowest BCUT2D eigenvalue weighted by Crippen LogP contribution is -2.52. The molecule has 1 amide bonds. The SMILES string of the molecule is O=C(O)C1COCCN1C(=O)c1ccnc(OC2CCCCC2)c1. The fraction of sp³-hybridized carbons (Fsp3) is 0.588. The van der Waals surface area contributed by atoms with Crippen LogP contribution in [-0.2, 0) is 9.53 Å². The van der Waals surface area contributed by atoms with Gasteiger partial charge in [-0.1, -0.05) is 6.42 Å². The van der Waals surface area contributed by atoms with Gasteiger partial charge in [-0.3, -0.25) is 4.79 Å². The molecule has 0 bridgehead atoms. The van der Waals surface area contributed by atoms with E-state index in [0.29, 0.717) is 18.1 Å². The molecule has 2 fully saturated rings. The van der Waals surface area contributed by atoms with Crippen molar-refractivity contribution in [3.05, 3.63) is 23.9 Å². The molecular weight excluding hydrogens is 312 g/mol. The molecule has 3 rings (SSSR count). The normalized spacial score (nSPS) is 22.2. The van der Waals surface area contributed by atoms with Crippen LogP contribution >= 0.6 is 0 Å². The molecule has 2 heterocycles. The van der Waals surface area contributed by atoms with Crippen molar-refractivity contribution in [3.8, 4) is 5.88 Å². The molecule has 0 aromatic carbocycles. The van der Waals surface area contributed by atoms with E-state index in [1.54, 1.807) is 12.1 Å². The van der Waals surface area contributed by atoms with Crippen LogP contribution in [0.2, 0.25) is 0 Å². The minimum atomic E-state index is -1.06. The first-order valence-electron chi connectivity index (χ1n) is 8.39. The minimum Gasteiger partial charge on any atom is -0.480 e. The lowest BCUT2D eigenvalue weighted by Gasteiger charge is -2.33. The summed E-state index contributed by atoms with van der Waals surface area (Å²) in [4.78, 5) is 29.5. The van der Waals surface area contributed by atoms with Crippen LogP contribution in [0.1, 0.15) is 42.5 Å². The first-order valence-corrected chi connectivity index (χ1v) is 8.39. The summed E-state index contributed by atoms with van der Waals surface area (Å²) in [5.41, 5.74) is 0.393. The van der Waals surface area contributed by atoms with E-state index >= 15 is 0 Å². The highest BCUT2D eigenvalue weighted by Gasteiger charge is 2.33. The molecule has 24 heavy (non-hydrogen) atoms. The summed E-state index contributed by atoms with van der Waals surface area (Å²) in [5.74, 6) is -0.967. The lowest BCUT2D eigenvalue weighted by atomic mass is 9.98. The van der Waals surface area contributed by atoms with Gasteiger partial charge in [0.05, 0.1) is 13.2 Å². The van der Waals surface area contributed by atoms with Gasteiger partial charge < -0.3 is 19.5 Å². The predicted molar refractivity (Wildman–Crippen MR) is 85.0 cm³/mol. The summed E-state index contributed by atoms with van der Waals surface area (Å²) in [7, 11) is 0. The highest BCUT2D eigenvalue weighted by atomic mass is 16.5. The quantitative estimate of drug-likeness (QED) is 0.902. The Morgan fingerprint density at radius 2 is 2.08 bits per heavy atom. The maximum Gasteiger partial charge on any atom is 0.328 e. The fourth-order valence-electron chi connectivity index (χ4n) is 3.18. The van der Waals surface area contributed by atoms with Gasteiger partial charge in [0.2, 0.25) is 5.88 Å². The molecule has 1 aliphatic carbocycles. The molecule has 1 unspecified atom stereocenters. The van der Waals surface area contributed by atoms with Gasteiger partial charge >= 0.3 is 5.97 Å². The highest BCUT2D eigenvalue weighted by Crippen LogP contribution is 2.23. The van der Waals surface area contributed by atoms with E-state index in [1.165, 1.54) is 17.5 Å². The second-order valence-electron chi connectivity index (χ2n) is 6.19. The van der Waals surface area contributed by atoms with Crippen LogP contribution < -0.4 is 4.74 Å². The summed E-state index contributed by atoms with van der Waals surface area (Å²) in [6, 6.07) is 2.23. The van der Waals surface area contributed by atoms with Crippen molar-refractivity contribution < 1.29 is 24.2 Å². The molecule has 0 radical (unpaired) electrons. The average Bonchev–Trinajstić information content (AvgIpc) is 2.62. The maximum atomic E-state index is 12.7. The van der Waals surface area contributed by atoms with Gasteiger partial charge in [-0.15, -0.1) is 0 Å². The molecule has 0 spiro atoms. The van der Waals surface area contributed by atoms with Crippen LogP contribution in [0.5, 0.6) is 5.88 Å². The fourth-order valence-corrected chi connectivity index (χ4v) is 3.18. The topological polar surface area (TPSA) is 89.0 Å². The highest BCUT2D eigenvalue weighted by molar-refractivity contribution is 5.97. The van der Waals surface area contributed by atoms with Crippen molar-refractivity contribution in [2.45, 2.75) is 44.2 Å². The number of ether oxygens (including phenoxy) is 2. The molecule has 1 saturated carbocycles. The molecule has 130 valence electrons. The van der Waals surface area contributed by atoms with E-state index in [1.807, 2.05) is 0 Å². The Morgan fingerprint density at radius 1 is 1.29 bits per heavy atom. The number of nitrogens with zero attached hydrogens (tertiary/aromatic N) is 2. The molecule has 1 atom stereocenters. The number of carboxylic acid groups (broad SMARTS) is 1. The Balaban J connectivity index is 1.72.